The third-order valence-electron chi connectivity index (χ3n) is 1.63. The smallest absolute Gasteiger partial charge is 0.181 e. The van der Waals surface area contributed by atoms with Crippen molar-refractivity contribution in [1.82, 2.24) is 0 Å². The second kappa shape index (κ2) is 4.75. The zero-order valence-electron chi connectivity index (χ0n) is 7.31. The molecule has 0 aliphatic rings. The Bertz CT molecular complexity index is 368. The minimum absolute atomic E-state index is 0.0705. The molecule has 0 unspecified atom stereocenters. The molecule has 0 bridgehead atoms. The van der Waals surface area contributed by atoms with Crippen LogP contribution in [-0.4, -0.2) is 18.8 Å². The van der Waals surface area contributed by atoms with Gasteiger partial charge in [0.25, 0.3) is 0 Å². The third kappa shape index (κ3) is 2.25. The van der Waals surface area contributed by atoms with E-state index >= 15 is 0 Å². The number of benzene rings is 1. The molecule has 1 rings (SSSR count). The molecule has 76 valence electrons. The van der Waals surface area contributed by atoms with E-state index in [1.165, 1.54) is 19.2 Å². The Morgan fingerprint density at radius 2 is 2.29 bits per heavy atom. The van der Waals surface area contributed by atoms with Gasteiger partial charge in [-0.2, -0.15) is 0 Å². The minimum atomic E-state index is -0.588. The summed E-state index contributed by atoms with van der Waals surface area (Å²) >= 11 is 8.46. The minimum Gasteiger partial charge on any atom is -0.493 e. The van der Waals surface area contributed by atoms with Gasteiger partial charge < -0.3 is 4.74 Å². The maximum Gasteiger partial charge on any atom is 0.181 e. The van der Waals surface area contributed by atoms with Gasteiger partial charge in [-0.05, 0) is 12.1 Å². The second-order valence-electron chi connectivity index (χ2n) is 2.53. The molecule has 0 amide bonds. The van der Waals surface area contributed by atoms with Crippen LogP contribution in [0.3, 0.4) is 0 Å². The molecule has 0 aliphatic heterocycles. The highest BCUT2D eigenvalue weighted by Gasteiger charge is 2.16. The number of ether oxygens (including phenoxy) is 1. The Kier molecular flexibility index (Phi) is 3.89. The van der Waals surface area contributed by atoms with E-state index in [4.69, 9.17) is 16.3 Å². The Morgan fingerprint density at radius 3 is 2.79 bits per heavy atom. The van der Waals surface area contributed by atoms with E-state index in [1.807, 2.05) is 0 Å². The molecule has 14 heavy (non-hydrogen) atoms. The zero-order valence-corrected chi connectivity index (χ0v) is 9.65. The van der Waals surface area contributed by atoms with Crippen molar-refractivity contribution in [3.8, 4) is 5.75 Å². The number of carbonyl (C=O) groups is 1. The molecule has 5 heteroatoms. The van der Waals surface area contributed by atoms with E-state index in [1.54, 1.807) is 0 Å². The number of rotatable bonds is 3. The fourth-order valence-electron chi connectivity index (χ4n) is 1.05. The van der Waals surface area contributed by atoms with Crippen molar-refractivity contribution in [1.29, 1.82) is 0 Å². The van der Waals surface area contributed by atoms with E-state index in [2.05, 4.69) is 15.9 Å². The maximum absolute atomic E-state index is 13.3. The lowest BCUT2D eigenvalue weighted by atomic mass is 10.1. The summed E-state index contributed by atoms with van der Waals surface area (Å²) in [6.45, 7) is 0. The van der Waals surface area contributed by atoms with Crippen molar-refractivity contribution in [2.75, 3.05) is 13.0 Å². The van der Waals surface area contributed by atoms with E-state index in [0.717, 1.165) is 0 Å². The first-order valence-corrected chi connectivity index (χ1v) is 5.05. The quantitative estimate of drug-likeness (QED) is 0.629. The fraction of sp³-hybridized carbons (Fsp3) is 0.222. The number of methoxy groups -OCH3 is 1. The highest BCUT2D eigenvalue weighted by atomic mass is 79.9. The summed E-state index contributed by atoms with van der Waals surface area (Å²) < 4.78 is 18.5. The van der Waals surface area contributed by atoms with Gasteiger partial charge in [0.2, 0.25) is 0 Å². The van der Waals surface area contributed by atoms with Gasteiger partial charge in [0.15, 0.2) is 17.3 Å². The molecule has 0 aromatic heterocycles. The Hall–Kier alpha value is -0.610. The average Bonchev–Trinajstić information content (AvgIpc) is 2.15. The van der Waals surface area contributed by atoms with Crippen LogP contribution in [0.1, 0.15) is 10.4 Å². The molecule has 0 saturated carbocycles. The molecule has 0 heterocycles. The lowest BCUT2D eigenvalue weighted by Crippen LogP contribution is -2.05. The van der Waals surface area contributed by atoms with Crippen LogP contribution in [-0.2, 0) is 0 Å². The fourth-order valence-corrected chi connectivity index (χ4v) is 1.62. The Labute approximate surface area is 94.1 Å². The number of Topliss-reactive ketones (excluding diaryl/α,β-unsaturated/α-hetero) is 1. The number of alkyl halides is 1. The summed E-state index contributed by atoms with van der Waals surface area (Å²) in [5.41, 5.74) is 0.148. The molecule has 0 fully saturated rings. The van der Waals surface area contributed by atoms with Crippen molar-refractivity contribution in [2.45, 2.75) is 0 Å². The largest absolute Gasteiger partial charge is 0.493 e. The number of halogens is 3. The summed E-state index contributed by atoms with van der Waals surface area (Å²) in [4.78, 5) is 11.3. The van der Waals surface area contributed by atoms with Crippen LogP contribution in [0.4, 0.5) is 4.39 Å². The van der Waals surface area contributed by atoms with Crippen LogP contribution < -0.4 is 4.74 Å². The zero-order chi connectivity index (χ0) is 10.7. The van der Waals surface area contributed by atoms with Gasteiger partial charge in [0, 0.05) is 4.47 Å². The van der Waals surface area contributed by atoms with Crippen LogP contribution in [0.25, 0.3) is 0 Å². The van der Waals surface area contributed by atoms with Gasteiger partial charge in [-0.25, -0.2) is 4.39 Å². The molecule has 0 saturated heterocycles. The maximum atomic E-state index is 13.3. The summed E-state index contributed by atoms with van der Waals surface area (Å²) in [6.07, 6.45) is 0. The van der Waals surface area contributed by atoms with Crippen LogP contribution in [0, 0.1) is 5.82 Å². The van der Waals surface area contributed by atoms with Gasteiger partial charge in [0.05, 0.1) is 18.6 Å². The van der Waals surface area contributed by atoms with Gasteiger partial charge in [0.1, 0.15) is 0 Å². The highest BCUT2D eigenvalue weighted by Crippen LogP contribution is 2.27. The number of hydrogen-bond donors (Lipinski definition) is 0. The third-order valence-corrected chi connectivity index (χ3v) is 2.33. The number of hydrogen-bond acceptors (Lipinski definition) is 2. The summed E-state index contributed by atoms with van der Waals surface area (Å²) in [5.74, 6) is -1.23. The normalized spacial score (nSPS) is 10.0. The first-order chi connectivity index (χ1) is 6.60. The van der Waals surface area contributed by atoms with Crippen LogP contribution in [0.15, 0.2) is 16.6 Å². The molecular formula is C9H7BrClFO2. The summed E-state index contributed by atoms with van der Waals surface area (Å²) in [6, 6.07) is 2.70. The van der Waals surface area contributed by atoms with E-state index < -0.39 is 5.82 Å². The highest BCUT2D eigenvalue weighted by molar-refractivity contribution is 9.10. The predicted octanol–water partition coefficient (Wildman–Crippen LogP) is 3.02. The van der Waals surface area contributed by atoms with Crippen molar-refractivity contribution in [3.63, 3.8) is 0 Å². The monoisotopic (exact) mass is 280 g/mol. The van der Waals surface area contributed by atoms with Crippen LogP contribution in [0.2, 0.25) is 0 Å². The molecule has 2 nitrogen and oxygen atoms in total. The molecule has 0 spiro atoms. The molecule has 0 atom stereocenters. The predicted molar refractivity (Wildman–Crippen MR) is 55.7 cm³/mol. The average molecular weight is 282 g/mol. The second-order valence-corrected chi connectivity index (χ2v) is 3.71. The van der Waals surface area contributed by atoms with Crippen molar-refractivity contribution in [2.24, 2.45) is 0 Å². The van der Waals surface area contributed by atoms with Gasteiger partial charge in [-0.3, -0.25) is 4.79 Å². The lowest BCUT2D eigenvalue weighted by Gasteiger charge is -2.07. The van der Waals surface area contributed by atoms with E-state index in [0.29, 0.717) is 4.47 Å². The molecule has 1 aromatic rings. The van der Waals surface area contributed by atoms with Gasteiger partial charge in [-0.15, -0.1) is 11.6 Å². The van der Waals surface area contributed by atoms with Crippen molar-refractivity contribution >= 4 is 33.3 Å². The lowest BCUT2D eigenvalue weighted by molar-refractivity contribution is 0.101. The summed E-state index contributed by atoms with van der Waals surface area (Å²) in [5, 5.41) is 0. The first-order valence-electron chi connectivity index (χ1n) is 3.72. The summed E-state index contributed by atoms with van der Waals surface area (Å²) in [7, 11) is 1.30. The molecule has 0 aliphatic carbocycles. The van der Waals surface area contributed by atoms with E-state index in [9.17, 15) is 9.18 Å². The Morgan fingerprint density at radius 1 is 1.64 bits per heavy atom. The van der Waals surface area contributed by atoms with Crippen LogP contribution in [0.5, 0.6) is 5.75 Å². The molecular weight excluding hydrogens is 274 g/mol. The SMILES string of the molecule is COc1c(F)cc(Br)cc1C(=O)CCl. The standard InChI is InChI=1S/C9H7BrClFO2/c1-14-9-6(8(13)4-11)2-5(10)3-7(9)12/h2-3H,4H2,1H3. The Balaban J connectivity index is 3.32. The first kappa shape index (κ1) is 11.5. The topological polar surface area (TPSA) is 26.3 Å². The van der Waals surface area contributed by atoms with Crippen molar-refractivity contribution in [3.05, 3.63) is 28.0 Å². The molecule has 1 aromatic carbocycles. The van der Waals surface area contributed by atoms with Gasteiger partial charge in [-0.1, -0.05) is 15.9 Å². The van der Waals surface area contributed by atoms with Crippen LogP contribution >= 0.6 is 27.5 Å². The van der Waals surface area contributed by atoms with E-state index in [-0.39, 0.29) is 23.0 Å². The molecule has 0 radical (unpaired) electrons. The number of ketones is 1. The van der Waals surface area contributed by atoms with Crippen molar-refractivity contribution < 1.29 is 13.9 Å². The molecule has 0 N–H and O–H groups in total. The number of carbonyl (C=O) groups excluding carboxylic acids is 1. The van der Waals surface area contributed by atoms with Gasteiger partial charge >= 0.3 is 0 Å².